The number of benzene rings is 1. The lowest BCUT2D eigenvalue weighted by Gasteiger charge is -2.38. The van der Waals surface area contributed by atoms with Crippen LogP contribution in [0.25, 0.3) is 0 Å². The molecular weight excluding hydrogens is 565 g/mol. The SMILES string of the molecule is CC(C)c1cc(F)cc(Br)c1CC(=O)C1(C(C)(C)O)NC=C(S(=O)(=O)N=NC(=O)OC(C)(C)C)S1. The van der Waals surface area contributed by atoms with E-state index in [-0.39, 0.29) is 12.3 Å². The van der Waals surface area contributed by atoms with Crippen molar-refractivity contribution in [3.63, 3.8) is 0 Å². The Labute approximate surface area is 217 Å². The van der Waals surface area contributed by atoms with E-state index in [1.807, 2.05) is 13.8 Å². The first-order chi connectivity index (χ1) is 15.8. The van der Waals surface area contributed by atoms with E-state index in [4.69, 9.17) is 4.74 Å². The predicted octanol–water partition coefficient (Wildman–Crippen LogP) is 5.14. The van der Waals surface area contributed by atoms with Crippen LogP contribution in [0, 0.1) is 5.82 Å². The lowest BCUT2D eigenvalue weighted by molar-refractivity contribution is -0.127. The molecule has 1 aromatic carbocycles. The number of ketones is 1. The van der Waals surface area contributed by atoms with Crippen molar-refractivity contribution in [3.05, 3.63) is 44.0 Å². The Balaban J connectivity index is 2.37. The largest absolute Gasteiger partial charge is 0.453 e. The van der Waals surface area contributed by atoms with Crippen LogP contribution in [0.1, 0.15) is 65.5 Å². The van der Waals surface area contributed by atoms with Crippen LogP contribution in [-0.2, 0) is 26.0 Å². The molecule has 1 unspecified atom stereocenters. The van der Waals surface area contributed by atoms with E-state index in [1.165, 1.54) is 26.0 Å². The maximum atomic E-state index is 14.0. The van der Waals surface area contributed by atoms with Crippen LogP contribution in [0.4, 0.5) is 9.18 Å². The van der Waals surface area contributed by atoms with Crippen molar-refractivity contribution in [1.29, 1.82) is 0 Å². The lowest BCUT2D eigenvalue weighted by Crippen LogP contribution is -2.60. The third kappa shape index (κ3) is 6.89. The molecule has 0 saturated heterocycles. The molecule has 0 fully saturated rings. The number of carbonyl (C=O) groups excluding carboxylic acids is 2. The zero-order chi connectivity index (χ0) is 27.0. The summed E-state index contributed by atoms with van der Waals surface area (Å²) in [6.45, 7) is 11.2. The number of nitrogens with zero attached hydrogens (tertiary/aromatic N) is 2. The Hall–Kier alpha value is -1.83. The Morgan fingerprint density at radius 1 is 1.26 bits per heavy atom. The lowest BCUT2D eigenvalue weighted by atomic mass is 9.87. The van der Waals surface area contributed by atoms with Crippen LogP contribution in [0.15, 0.2) is 36.7 Å². The number of carbonyl (C=O) groups is 2. The normalized spacial score (nSPS) is 19.1. The van der Waals surface area contributed by atoms with Crippen molar-refractivity contribution in [1.82, 2.24) is 5.32 Å². The van der Waals surface area contributed by atoms with Crippen molar-refractivity contribution in [2.45, 2.75) is 76.9 Å². The number of thioether (sulfide) groups is 1. The highest BCUT2D eigenvalue weighted by atomic mass is 79.9. The van der Waals surface area contributed by atoms with Gasteiger partial charge in [-0.3, -0.25) is 4.79 Å². The number of aliphatic hydroxyl groups is 1. The summed E-state index contributed by atoms with van der Waals surface area (Å²) in [6, 6.07) is 2.58. The van der Waals surface area contributed by atoms with E-state index in [2.05, 4.69) is 30.9 Å². The second kappa shape index (κ2) is 10.3. The average molecular weight is 595 g/mol. The maximum absolute atomic E-state index is 14.0. The fourth-order valence-corrected chi connectivity index (χ4v) is 6.22. The van der Waals surface area contributed by atoms with E-state index in [0.29, 0.717) is 27.4 Å². The molecule has 0 saturated carbocycles. The molecular formula is C22H29BrFN3O6S2. The first-order valence-corrected chi connectivity index (χ1v) is 13.7. The molecule has 0 aromatic heterocycles. The number of hydrogen-bond donors (Lipinski definition) is 2. The minimum atomic E-state index is -4.49. The first kappa shape index (κ1) is 29.4. The summed E-state index contributed by atoms with van der Waals surface area (Å²) >= 11 is 3.86. The summed E-state index contributed by atoms with van der Waals surface area (Å²) in [5.74, 6) is -1.11. The van der Waals surface area contributed by atoms with Crippen molar-refractivity contribution in [2.75, 3.05) is 0 Å². The molecule has 0 aliphatic carbocycles. The van der Waals surface area contributed by atoms with Gasteiger partial charge < -0.3 is 15.2 Å². The molecule has 194 valence electrons. The van der Waals surface area contributed by atoms with E-state index >= 15 is 0 Å². The summed E-state index contributed by atoms with van der Waals surface area (Å²) in [5, 5.41) is 16.7. The van der Waals surface area contributed by atoms with Gasteiger partial charge in [0.15, 0.2) is 10.7 Å². The van der Waals surface area contributed by atoms with Gasteiger partial charge in [0.1, 0.15) is 15.7 Å². The van der Waals surface area contributed by atoms with Gasteiger partial charge in [-0.15, -0.1) is 0 Å². The molecule has 2 N–H and O–H groups in total. The molecule has 1 aliphatic heterocycles. The van der Waals surface area contributed by atoms with Gasteiger partial charge in [0.25, 0.3) is 0 Å². The molecule has 1 amide bonds. The number of nitrogens with one attached hydrogen (secondary N) is 1. The van der Waals surface area contributed by atoms with Crippen molar-refractivity contribution < 1.29 is 32.2 Å². The van der Waals surface area contributed by atoms with Crippen LogP contribution in [-0.4, -0.2) is 41.5 Å². The zero-order valence-corrected chi connectivity index (χ0v) is 23.7. The third-order valence-corrected chi connectivity index (χ3v) is 8.92. The van der Waals surface area contributed by atoms with E-state index in [0.717, 1.165) is 6.20 Å². The van der Waals surface area contributed by atoms with Crippen molar-refractivity contribution >= 4 is 49.6 Å². The topological polar surface area (TPSA) is 134 Å². The number of rotatable bonds is 7. The molecule has 1 atom stereocenters. The number of sulfonamides is 1. The van der Waals surface area contributed by atoms with E-state index < -0.39 is 48.0 Å². The molecule has 13 heteroatoms. The summed E-state index contributed by atoms with van der Waals surface area (Å²) in [7, 11) is -4.49. The Bertz CT molecular complexity index is 1190. The van der Waals surface area contributed by atoms with Crippen molar-refractivity contribution in [2.24, 2.45) is 9.63 Å². The van der Waals surface area contributed by atoms with Crippen LogP contribution >= 0.6 is 27.7 Å². The average Bonchev–Trinajstić information content (AvgIpc) is 3.15. The van der Waals surface area contributed by atoms with Gasteiger partial charge in [0.05, 0.1) is 5.60 Å². The smallest absolute Gasteiger partial charge is 0.441 e. The highest BCUT2D eigenvalue weighted by molar-refractivity contribution is 9.10. The van der Waals surface area contributed by atoms with Crippen LogP contribution in [0.2, 0.25) is 0 Å². The highest BCUT2D eigenvalue weighted by Gasteiger charge is 2.55. The summed E-state index contributed by atoms with van der Waals surface area (Å²) in [4.78, 5) is 23.5. The molecule has 1 heterocycles. The molecule has 0 spiro atoms. The second-order valence-corrected chi connectivity index (χ2v) is 13.7. The Morgan fingerprint density at radius 2 is 1.86 bits per heavy atom. The van der Waals surface area contributed by atoms with Gasteiger partial charge in [-0.25, -0.2) is 9.18 Å². The fourth-order valence-electron chi connectivity index (χ4n) is 3.30. The standard InChI is InChI=1S/C22H29BrFN3O6S2/c1-12(2)14-8-13(24)9-16(23)15(14)10-17(28)22(21(6,7)30)25-11-18(34-22)35(31,32)27-26-19(29)33-20(3,4)5/h8-9,11-12,25,30H,10H2,1-7H3. The number of amides is 1. The Morgan fingerprint density at radius 3 is 2.37 bits per heavy atom. The van der Waals surface area contributed by atoms with Gasteiger partial charge >= 0.3 is 16.1 Å². The zero-order valence-electron chi connectivity index (χ0n) is 20.5. The summed E-state index contributed by atoms with van der Waals surface area (Å²) in [6.07, 6.45) is -0.378. The predicted molar refractivity (Wildman–Crippen MR) is 135 cm³/mol. The van der Waals surface area contributed by atoms with Gasteiger partial charge in [-0.1, -0.05) is 46.7 Å². The molecule has 35 heavy (non-hydrogen) atoms. The highest BCUT2D eigenvalue weighted by Crippen LogP contribution is 2.46. The van der Waals surface area contributed by atoms with Gasteiger partial charge in [0, 0.05) is 17.1 Å². The fraction of sp³-hybridized carbons (Fsp3) is 0.545. The number of hydrogen-bond acceptors (Lipinski definition) is 8. The molecule has 2 rings (SSSR count). The van der Waals surface area contributed by atoms with Gasteiger partial charge in [-0.05, 0) is 68.3 Å². The van der Waals surface area contributed by atoms with E-state index in [1.54, 1.807) is 20.8 Å². The monoisotopic (exact) mass is 593 g/mol. The molecule has 9 nitrogen and oxygen atoms in total. The molecule has 0 radical (unpaired) electrons. The third-order valence-electron chi connectivity index (χ3n) is 4.93. The van der Waals surface area contributed by atoms with Gasteiger partial charge in [0.2, 0.25) is 0 Å². The molecule has 0 bridgehead atoms. The molecule has 1 aliphatic rings. The van der Waals surface area contributed by atoms with Crippen LogP contribution in [0.5, 0.6) is 0 Å². The molecule has 1 aromatic rings. The van der Waals surface area contributed by atoms with Crippen molar-refractivity contribution in [3.8, 4) is 0 Å². The minimum Gasteiger partial charge on any atom is -0.441 e. The maximum Gasteiger partial charge on any atom is 0.453 e. The first-order valence-electron chi connectivity index (χ1n) is 10.6. The second-order valence-electron chi connectivity index (χ2n) is 9.80. The summed E-state index contributed by atoms with van der Waals surface area (Å²) in [5.41, 5.74) is -1.51. The quantitative estimate of drug-likeness (QED) is 0.415. The number of ether oxygens (including phenoxy) is 1. The van der Waals surface area contributed by atoms with Crippen LogP contribution in [0.3, 0.4) is 0 Å². The van der Waals surface area contributed by atoms with E-state index in [9.17, 15) is 27.5 Å². The van der Waals surface area contributed by atoms with Gasteiger partial charge in [-0.2, -0.15) is 8.42 Å². The minimum absolute atomic E-state index is 0.102. The van der Waals surface area contributed by atoms with Crippen LogP contribution < -0.4 is 5.32 Å². The Kier molecular flexibility index (Phi) is 8.63. The number of Topliss-reactive ketones (excluding diaryl/α,β-unsaturated/α-hetero) is 1. The summed E-state index contributed by atoms with van der Waals surface area (Å²) < 4.78 is 47.4. The number of halogens is 2.